The molecule has 2 aromatic rings. The van der Waals surface area contributed by atoms with Gasteiger partial charge < -0.3 is 5.32 Å². The van der Waals surface area contributed by atoms with Crippen LogP contribution in [0.5, 0.6) is 0 Å². The minimum Gasteiger partial charge on any atom is -0.344 e. The molecule has 0 saturated carbocycles. The predicted molar refractivity (Wildman–Crippen MR) is 91.3 cm³/mol. The zero-order valence-electron chi connectivity index (χ0n) is 13.4. The summed E-state index contributed by atoms with van der Waals surface area (Å²) in [6, 6.07) is 9.71. The lowest BCUT2D eigenvalue weighted by atomic mass is 9.93. The number of hydrogen-bond donors (Lipinski definition) is 1. The average molecular weight is 330 g/mol. The summed E-state index contributed by atoms with van der Waals surface area (Å²) in [5.41, 5.74) is 3.87. The summed E-state index contributed by atoms with van der Waals surface area (Å²) in [5.74, 6) is 0.0215. The van der Waals surface area contributed by atoms with Crippen LogP contribution in [0.15, 0.2) is 42.7 Å². The molecule has 3 rings (SSSR count). The summed E-state index contributed by atoms with van der Waals surface area (Å²) < 4.78 is 1.98. The third kappa shape index (κ3) is 4.11. The van der Waals surface area contributed by atoms with Crippen molar-refractivity contribution in [1.29, 1.82) is 0 Å². The average Bonchev–Trinajstić information content (AvgIpc) is 2.55. The van der Waals surface area contributed by atoms with Gasteiger partial charge in [0.05, 0.1) is 6.04 Å². The Morgan fingerprint density at radius 2 is 1.87 bits per heavy atom. The summed E-state index contributed by atoms with van der Waals surface area (Å²) in [6.45, 7) is 2.34. The molecule has 1 aliphatic carbocycles. The first-order valence-corrected chi connectivity index (χ1v) is 8.55. The SMILES string of the molecule is C[C@H](NC(=O)C[n+]1ccc2c(c1)CCCC2)c1ccc(Cl)cc1. The first-order chi connectivity index (χ1) is 11.1. The van der Waals surface area contributed by atoms with Gasteiger partial charge in [0, 0.05) is 16.7 Å². The molecule has 3 nitrogen and oxygen atoms in total. The van der Waals surface area contributed by atoms with Gasteiger partial charge in [-0.1, -0.05) is 23.7 Å². The van der Waals surface area contributed by atoms with Crippen molar-refractivity contribution in [3.63, 3.8) is 0 Å². The Morgan fingerprint density at radius 3 is 2.61 bits per heavy atom. The van der Waals surface area contributed by atoms with E-state index in [9.17, 15) is 4.79 Å². The summed E-state index contributed by atoms with van der Waals surface area (Å²) in [4.78, 5) is 12.3. The van der Waals surface area contributed by atoms with Gasteiger partial charge in [0.15, 0.2) is 12.4 Å². The van der Waals surface area contributed by atoms with Gasteiger partial charge in [-0.3, -0.25) is 4.79 Å². The molecule has 1 N–H and O–H groups in total. The molecule has 23 heavy (non-hydrogen) atoms. The number of hydrogen-bond acceptors (Lipinski definition) is 1. The van der Waals surface area contributed by atoms with Crippen LogP contribution in [0.25, 0.3) is 0 Å². The maximum atomic E-state index is 12.3. The molecule has 0 fully saturated rings. The molecular weight excluding hydrogens is 308 g/mol. The molecule has 0 aliphatic heterocycles. The highest BCUT2D eigenvalue weighted by Gasteiger charge is 2.17. The zero-order valence-corrected chi connectivity index (χ0v) is 14.1. The summed E-state index contributed by atoms with van der Waals surface area (Å²) in [6.07, 6.45) is 8.94. The molecule has 4 heteroatoms. The molecular formula is C19H22ClN2O+. The van der Waals surface area contributed by atoms with Crippen molar-refractivity contribution >= 4 is 17.5 Å². The lowest BCUT2D eigenvalue weighted by molar-refractivity contribution is -0.685. The number of rotatable bonds is 4. The third-order valence-corrected chi connectivity index (χ3v) is 4.67. The third-order valence-electron chi connectivity index (χ3n) is 4.42. The second-order valence-electron chi connectivity index (χ2n) is 6.22. The van der Waals surface area contributed by atoms with Gasteiger partial charge >= 0.3 is 0 Å². The van der Waals surface area contributed by atoms with Gasteiger partial charge in [0.2, 0.25) is 6.54 Å². The van der Waals surface area contributed by atoms with E-state index in [0.29, 0.717) is 11.6 Å². The summed E-state index contributed by atoms with van der Waals surface area (Å²) in [7, 11) is 0. The van der Waals surface area contributed by atoms with Gasteiger partial charge in [-0.25, -0.2) is 0 Å². The van der Waals surface area contributed by atoms with Crippen LogP contribution in [0, 0.1) is 0 Å². The van der Waals surface area contributed by atoms with E-state index in [1.807, 2.05) is 42.0 Å². The van der Waals surface area contributed by atoms with E-state index in [2.05, 4.69) is 17.6 Å². The molecule has 0 unspecified atom stereocenters. The van der Waals surface area contributed by atoms with Crippen LogP contribution < -0.4 is 9.88 Å². The number of carbonyl (C=O) groups excluding carboxylic acids is 1. The van der Waals surface area contributed by atoms with Crippen molar-refractivity contribution in [2.24, 2.45) is 0 Å². The maximum absolute atomic E-state index is 12.3. The van der Waals surface area contributed by atoms with Gasteiger partial charge in [0.1, 0.15) is 0 Å². The van der Waals surface area contributed by atoms with E-state index >= 15 is 0 Å². The normalized spacial score (nSPS) is 14.9. The highest BCUT2D eigenvalue weighted by Crippen LogP contribution is 2.19. The molecule has 120 valence electrons. The molecule has 1 amide bonds. The van der Waals surface area contributed by atoms with Crippen molar-refractivity contribution in [1.82, 2.24) is 5.32 Å². The lowest BCUT2D eigenvalue weighted by Crippen LogP contribution is -2.43. The Morgan fingerprint density at radius 1 is 1.17 bits per heavy atom. The van der Waals surface area contributed by atoms with Crippen molar-refractivity contribution in [2.45, 2.75) is 45.2 Å². The molecule has 0 radical (unpaired) electrons. The van der Waals surface area contributed by atoms with Crippen molar-refractivity contribution in [2.75, 3.05) is 0 Å². The van der Waals surface area contributed by atoms with E-state index in [0.717, 1.165) is 18.4 Å². The van der Waals surface area contributed by atoms with Crippen LogP contribution in [0.4, 0.5) is 0 Å². The summed E-state index contributed by atoms with van der Waals surface area (Å²) in [5, 5.41) is 3.75. The van der Waals surface area contributed by atoms with E-state index in [1.54, 1.807) is 0 Å². The van der Waals surface area contributed by atoms with Crippen LogP contribution >= 0.6 is 11.6 Å². The molecule has 1 aromatic carbocycles. The Balaban J connectivity index is 1.61. The van der Waals surface area contributed by atoms with E-state index in [1.165, 1.54) is 24.0 Å². The minimum atomic E-state index is -0.0296. The van der Waals surface area contributed by atoms with Gasteiger partial charge in [-0.15, -0.1) is 0 Å². The smallest absolute Gasteiger partial charge is 0.286 e. The van der Waals surface area contributed by atoms with Crippen LogP contribution in [0.1, 0.15) is 42.5 Å². The molecule has 1 aliphatic rings. The zero-order chi connectivity index (χ0) is 16.2. The maximum Gasteiger partial charge on any atom is 0.286 e. The number of nitrogens with one attached hydrogen (secondary N) is 1. The van der Waals surface area contributed by atoms with Gasteiger partial charge in [-0.05, 0) is 55.9 Å². The number of benzene rings is 1. The first kappa shape index (κ1) is 16.0. The van der Waals surface area contributed by atoms with Crippen molar-refractivity contribution < 1.29 is 9.36 Å². The fourth-order valence-electron chi connectivity index (χ4n) is 3.10. The van der Waals surface area contributed by atoms with E-state index < -0.39 is 0 Å². The number of halogens is 1. The van der Waals surface area contributed by atoms with Crippen LogP contribution in [0.2, 0.25) is 5.02 Å². The lowest BCUT2D eigenvalue weighted by Gasteiger charge is -2.15. The fraction of sp³-hybridized carbons (Fsp3) is 0.368. The van der Waals surface area contributed by atoms with Crippen LogP contribution in [0.3, 0.4) is 0 Å². The summed E-state index contributed by atoms with van der Waals surface area (Å²) >= 11 is 5.90. The highest BCUT2D eigenvalue weighted by atomic mass is 35.5. The highest BCUT2D eigenvalue weighted by molar-refractivity contribution is 6.30. The minimum absolute atomic E-state index is 0.0215. The number of nitrogens with zero attached hydrogens (tertiary/aromatic N) is 1. The second-order valence-corrected chi connectivity index (χ2v) is 6.65. The number of aryl methyl sites for hydroxylation is 2. The number of aromatic nitrogens is 1. The van der Waals surface area contributed by atoms with Crippen molar-refractivity contribution in [3.8, 4) is 0 Å². The first-order valence-electron chi connectivity index (χ1n) is 8.17. The number of pyridine rings is 1. The Labute approximate surface area is 142 Å². The topological polar surface area (TPSA) is 33.0 Å². The van der Waals surface area contributed by atoms with Crippen molar-refractivity contribution in [3.05, 3.63) is 64.4 Å². The quantitative estimate of drug-likeness (QED) is 0.857. The van der Waals surface area contributed by atoms with Gasteiger partial charge in [-0.2, -0.15) is 4.57 Å². The Hall–Kier alpha value is -1.87. The van der Waals surface area contributed by atoms with E-state index in [-0.39, 0.29) is 11.9 Å². The van der Waals surface area contributed by atoms with Gasteiger partial charge in [0.25, 0.3) is 5.91 Å². The largest absolute Gasteiger partial charge is 0.344 e. The molecule has 1 aromatic heterocycles. The second kappa shape index (κ2) is 7.14. The molecule has 1 atom stereocenters. The number of fused-ring (bicyclic) bond motifs is 1. The molecule has 0 spiro atoms. The fourth-order valence-corrected chi connectivity index (χ4v) is 3.23. The number of carbonyl (C=O) groups is 1. The van der Waals surface area contributed by atoms with E-state index in [4.69, 9.17) is 11.6 Å². The molecule has 1 heterocycles. The molecule has 0 bridgehead atoms. The molecule has 0 saturated heterocycles. The Bertz CT molecular complexity index is 697. The van der Waals surface area contributed by atoms with Crippen LogP contribution in [-0.2, 0) is 24.2 Å². The standard InChI is InChI=1S/C19H21ClN2O/c1-14(15-6-8-18(20)9-7-15)21-19(23)13-22-11-10-16-4-2-3-5-17(16)12-22/h6-12,14H,2-5,13H2,1H3/p+1/t14-/m0/s1. The number of amides is 1. The Kier molecular flexibility index (Phi) is 4.97. The predicted octanol–water partition coefficient (Wildman–Crippen LogP) is 3.38. The van der Waals surface area contributed by atoms with Crippen LogP contribution in [-0.4, -0.2) is 5.91 Å². The monoisotopic (exact) mass is 329 g/mol.